The summed E-state index contributed by atoms with van der Waals surface area (Å²) in [7, 11) is 0. The number of benzene rings is 2. The topological polar surface area (TPSA) is 66.8 Å². The maximum absolute atomic E-state index is 12.4. The molecule has 1 heterocycles. The van der Waals surface area contributed by atoms with E-state index in [9.17, 15) is 9.59 Å². The highest BCUT2D eigenvalue weighted by Crippen LogP contribution is 2.31. The second kappa shape index (κ2) is 7.09. The number of ether oxygens (including phenoxy) is 1. The molecule has 1 amide bonds. The van der Waals surface area contributed by atoms with E-state index < -0.39 is 5.97 Å². The summed E-state index contributed by atoms with van der Waals surface area (Å²) in [6.45, 7) is 0.475. The first-order valence-corrected chi connectivity index (χ1v) is 8.25. The number of nitrogens with zero attached hydrogens (tertiary/aromatic N) is 1. The van der Waals surface area contributed by atoms with Gasteiger partial charge in [-0.1, -0.05) is 35.9 Å². The van der Waals surface area contributed by atoms with E-state index in [0.29, 0.717) is 17.3 Å². The van der Waals surface area contributed by atoms with Crippen molar-refractivity contribution in [1.82, 2.24) is 4.90 Å². The van der Waals surface area contributed by atoms with Crippen LogP contribution in [0.1, 0.15) is 19.3 Å². The molecule has 0 saturated carbocycles. The Morgan fingerprint density at radius 2 is 1.96 bits per heavy atom. The Morgan fingerprint density at radius 3 is 2.71 bits per heavy atom. The Kier molecular flexibility index (Phi) is 4.90. The number of carbonyl (C=O) groups is 2. The molecular weight excluding hydrogens is 330 g/mol. The van der Waals surface area contributed by atoms with E-state index in [1.54, 1.807) is 17.0 Å². The number of fused-ring (bicyclic) bond motifs is 1. The summed E-state index contributed by atoms with van der Waals surface area (Å²) >= 11 is 6.18. The molecule has 1 aliphatic rings. The van der Waals surface area contributed by atoms with Gasteiger partial charge in [0.1, 0.15) is 5.75 Å². The number of carbonyl (C=O) groups excluding carboxylic acids is 1. The molecular formula is C18H18ClNO4. The standard InChI is InChI=1S/C18H18ClNO4/c19-15-7-8-16(14-6-2-1-5-13(14)15)24-11-17(21)20-9-3-4-12(20)10-18(22)23/h1-2,5-8,12H,3-4,9-11H2,(H,22,23). The normalized spacial score (nSPS) is 17.2. The molecule has 1 unspecified atom stereocenters. The highest BCUT2D eigenvalue weighted by atomic mass is 35.5. The van der Waals surface area contributed by atoms with Crippen LogP contribution in [0, 0.1) is 0 Å². The second-order valence-corrected chi connectivity index (χ2v) is 6.27. The fourth-order valence-corrected chi connectivity index (χ4v) is 3.39. The minimum absolute atomic E-state index is 0.0182. The summed E-state index contributed by atoms with van der Waals surface area (Å²) in [5.41, 5.74) is 0. The Balaban J connectivity index is 1.71. The highest BCUT2D eigenvalue weighted by Gasteiger charge is 2.30. The number of carboxylic acid groups (broad SMARTS) is 1. The van der Waals surface area contributed by atoms with Crippen LogP contribution in [-0.4, -0.2) is 41.1 Å². The third-order valence-electron chi connectivity index (χ3n) is 4.29. The molecule has 3 rings (SSSR count). The van der Waals surface area contributed by atoms with E-state index in [2.05, 4.69) is 0 Å². The van der Waals surface area contributed by atoms with Crippen molar-refractivity contribution in [3.05, 3.63) is 41.4 Å². The van der Waals surface area contributed by atoms with Crippen molar-refractivity contribution < 1.29 is 19.4 Å². The third-order valence-corrected chi connectivity index (χ3v) is 4.62. The van der Waals surface area contributed by atoms with Crippen molar-refractivity contribution >= 4 is 34.2 Å². The first-order chi connectivity index (χ1) is 11.6. The van der Waals surface area contributed by atoms with Crippen LogP contribution in [0.25, 0.3) is 10.8 Å². The predicted octanol–water partition coefficient (Wildman–Crippen LogP) is 3.34. The predicted molar refractivity (Wildman–Crippen MR) is 91.4 cm³/mol. The summed E-state index contributed by atoms with van der Waals surface area (Å²) in [5, 5.41) is 11.3. The molecule has 126 valence electrons. The molecule has 24 heavy (non-hydrogen) atoms. The summed E-state index contributed by atoms with van der Waals surface area (Å²) < 4.78 is 5.70. The van der Waals surface area contributed by atoms with Gasteiger partial charge in [-0.2, -0.15) is 0 Å². The molecule has 6 heteroatoms. The van der Waals surface area contributed by atoms with Crippen LogP contribution in [0.4, 0.5) is 0 Å². The number of amides is 1. The molecule has 2 aromatic rings. The third kappa shape index (κ3) is 3.46. The number of rotatable bonds is 5. The molecule has 0 radical (unpaired) electrons. The number of hydrogen-bond donors (Lipinski definition) is 1. The van der Waals surface area contributed by atoms with Crippen molar-refractivity contribution in [2.24, 2.45) is 0 Å². The van der Waals surface area contributed by atoms with E-state index in [1.165, 1.54) is 0 Å². The smallest absolute Gasteiger partial charge is 0.305 e. The number of carboxylic acids is 1. The molecule has 1 aliphatic heterocycles. The van der Waals surface area contributed by atoms with Gasteiger partial charge in [-0.3, -0.25) is 9.59 Å². The number of aliphatic carboxylic acids is 1. The average molecular weight is 348 g/mol. The van der Waals surface area contributed by atoms with Gasteiger partial charge in [0.15, 0.2) is 6.61 Å². The summed E-state index contributed by atoms with van der Waals surface area (Å²) in [4.78, 5) is 24.9. The van der Waals surface area contributed by atoms with E-state index in [0.717, 1.165) is 23.6 Å². The van der Waals surface area contributed by atoms with Crippen LogP contribution in [0.15, 0.2) is 36.4 Å². The molecule has 1 atom stereocenters. The Hall–Kier alpha value is -2.27. The Bertz CT molecular complexity index is 777. The SMILES string of the molecule is O=C(O)CC1CCCN1C(=O)COc1ccc(Cl)c2ccccc12. The van der Waals surface area contributed by atoms with Crippen LogP contribution in [-0.2, 0) is 9.59 Å². The van der Waals surface area contributed by atoms with Crippen LogP contribution >= 0.6 is 11.6 Å². The maximum Gasteiger partial charge on any atom is 0.305 e. The fourth-order valence-electron chi connectivity index (χ4n) is 3.16. The van der Waals surface area contributed by atoms with Crippen molar-refractivity contribution in [3.8, 4) is 5.75 Å². The van der Waals surface area contributed by atoms with Gasteiger partial charge in [0.25, 0.3) is 5.91 Å². The molecule has 0 aromatic heterocycles. The molecule has 1 saturated heterocycles. The summed E-state index contributed by atoms with van der Waals surface area (Å²) in [6, 6.07) is 10.8. The molecule has 1 fully saturated rings. The van der Waals surface area contributed by atoms with E-state index >= 15 is 0 Å². The average Bonchev–Trinajstić information content (AvgIpc) is 3.02. The zero-order valence-corrected chi connectivity index (χ0v) is 13.8. The molecule has 1 N–H and O–H groups in total. The fraction of sp³-hybridized carbons (Fsp3) is 0.333. The lowest BCUT2D eigenvalue weighted by Crippen LogP contribution is -2.39. The van der Waals surface area contributed by atoms with Crippen LogP contribution in [0.5, 0.6) is 5.75 Å². The van der Waals surface area contributed by atoms with Gasteiger partial charge in [0, 0.05) is 28.4 Å². The van der Waals surface area contributed by atoms with E-state index in [4.69, 9.17) is 21.4 Å². The van der Waals surface area contributed by atoms with Gasteiger partial charge in [-0.15, -0.1) is 0 Å². The van der Waals surface area contributed by atoms with Crippen molar-refractivity contribution in [2.45, 2.75) is 25.3 Å². The highest BCUT2D eigenvalue weighted by molar-refractivity contribution is 6.35. The van der Waals surface area contributed by atoms with Gasteiger partial charge in [-0.25, -0.2) is 0 Å². The zero-order chi connectivity index (χ0) is 17.1. The lowest BCUT2D eigenvalue weighted by Gasteiger charge is -2.23. The monoisotopic (exact) mass is 347 g/mol. The van der Waals surface area contributed by atoms with Crippen LogP contribution in [0.2, 0.25) is 5.02 Å². The van der Waals surface area contributed by atoms with Gasteiger partial charge >= 0.3 is 5.97 Å². The van der Waals surface area contributed by atoms with Gasteiger partial charge in [0.2, 0.25) is 0 Å². The lowest BCUT2D eigenvalue weighted by molar-refractivity contribution is -0.140. The number of likely N-dealkylation sites (tertiary alicyclic amines) is 1. The second-order valence-electron chi connectivity index (χ2n) is 5.86. The number of hydrogen-bond acceptors (Lipinski definition) is 3. The van der Waals surface area contributed by atoms with E-state index in [-0.39, 0.29) is 25.0 Å². The molecule has 0 aliphatic carbocycles. The summed E-state index contributed by atoms with van der Waals surface area (Å²) in [6.07, 6.45) is 1.53. The van der Waals surface area contributed by atoms with Crippen molar-refractivity contribution in [1.29, 1.82) is 0 Å². The quantitative estimate of drug-likeness (QED) is 0.900. The Morgan fingerprint density at radius 1 is 1.21 bits per heavy atom. The van der Waals surface area contributed by atoms with Gasteiger partial charge < -0.3 is 14.7 Å². The Labute approximate surface area is 144 Å². The maximum atomic E-state index is 12.4. The molecule has 2 aromatic carbocycles. The summed E-state index contributed by atoms with van der Waals surface area (Å²) in [5.74, 6) is -0.473. The molecule has 5 nitrogen and oxygen atoms in total. The van der Waals surface area contributed by atoms with Crippen LogP contribution in [0.3, 0.4) is 0 Å². The number of halogens is 1. The van der Waals surface area contributed by atoms with Gasteiger partial charge in [-0.05, 0) is 25.0 Å². The van der Waals surface area contributed by atoms with Crippen molar-refractivity contribution in [2.75, 3.05) is 13.2 Å². The first kappa shape index (κ1) is 16.6. The van der Waals surface area contributed by atoms with Gasteiger partial charge in [0.05, 0.1) is 6.42 Å². The molecule has 0 bridgehead atoms. The zero-order valence-electron chi connectivity index (χ0n) is 13.1. The molecule has 0 spiro atoms. The van der Waals surface area contributed by atoms with E-state index in [1.807, 2.05) is 24.3 Å². The minimum Gasteiger partial charge on any atom is -0.483 e. The first-order valence-electron chi connectivity index (χ1n) is 7.87. The van der Waals surface area contributed by atoms with Crippen molar-refractivity contribution in [3.63, 3.8) is 0 Å². The van der Waals surface area contributed by atoms with Crippen LogP contribution < -0.4 is 4.74 Å². The lowest BCUT2D eigenvalue weighted by atomic mass is 10.1. The largest absolute Gasteiger partial charge is 0.483 e. The minimum atomic E-state index is -0.885.